The molecular formula is C20H31N3O4S. The van der Waals surface area contributed by atoms with Gasteiger partial charge in [0.05, 0.1) is 11.0 Å². The van der Waals surface area contributed by atoms with Crippen LogP contribution < -0.4 is 5.32 Å². The third kappa shape index (κ3) is 5.31. The van der Waals surface area contributed by atoms with Gasteiger partial charge in [-0.2, -0.15) is 4.31 Å². The number of sulfonamides is 1. The molecule has 8 heteroatoms. The van der Waals surface area contributed by atoms with Crippen LogP contribution in [0.1, 0.15) is 31.7 Å². The summed E-state index contributed by atoms with van der Waals surface area (Å²) >= 11 is 0. The molecule has 0 radical (unpaired) electrons. The van der Waals surface area contributed by atoms with Crippen LogP contribution in [-0.2, 0) is 26.0 Å². The fourth-order valence-electron chi connectivity index (χ4n) is 3.66. The van der Waals surface area contributed by atoms with Gasteiger partial charge in [0.2, 0.25) is 15.9 Å². The minimum atomic E-state index is -3.67. The Labute approximate surface area is 168 Å². The third-order valence-electron chi connectivity index (χ3n) is 5.45. The van der Waals surface area contributed by atoms with Crippen LogP contribution in [0.25, 0.3) is 0 Å². The molecule has 0 bridgehead atoms. The highest BCUT2D eigenvalue weighted by molar-refractivity contribution is 7.89. The molecule has 2 aliphatic heterocycles. The lowest BCUT2D eigenvalue weighted by atomic mass is 10.2. The summed E-state index contributed by atoms with van der Waals surface area (Å²) < 4.78 is 33.6. The van der Waals surface area contributed by atoms with E-state index >= 15 is 0 Å². The number of piperazine rings is 1. The first-order valence-corrected chi connectivity index (χ1v) is 11.6. The molecule has 2 fully saturated rings. The van der Waals surface area contributed by atoms with Gasteiger partial charge < -0.3 is 15.0 Å². The fourth-order valence-corrected chi connectivity index (χ4v) is 5.14. The van der Waals surface area contributed by atoms with Gasteiger partial charge >= 0.3 is 0 Å². The SMILES string of the molecule is CCc1ccc(S(=O)(=O)N(CCC(=O)N2CCNCC2)CC2CCCO2)cc1. The molecular weight excluding hydrogens is 378 g/mol. The molecule has 1 unspecified atom stereocenters. The lowest BCUT2D eigenvalue weighted by Crippen LogP contribution is -2.47. The average Bonchev–Trinajstić information content (AvgIpc) is 3.24. The summed E-state index contributed by atoms with van der Waals surface area (Å²) in [6.07, 6.45) is 2.76. The molecule has 28 heavy (non-hydrogen) atoms. The molecule has 0 aliphatic carbocycles. The topological polar surface area (TPSA) is 79.0 Å². The average molecular weight is 410 g/mol. The van der Waals surface area contributed by atoms with Crippen molar-refractivity contribution in [1.29, 1.82) is 0 Å². The summed E-state index contributed by atoms with van der Waals surface area (Å²) in [6, 6.07) is 7.02. The third-order valence-corrected chi connectivity index (χ3v) is 7.32. The van der Waals surface area contributed by atoms with Crippen molar-refractivity contribution in [2.24, 2.45) is 0 Å². The van der Waals surface area contributed by atoms with Gasteiger partial charge in [-0.05, 0) is 37.0 Å². The maximum atomic E-state index is 13.2. The van der Waals surface area contributed by atoms with Gasteiger partial charge in [-0.3, -0.25) is 4.79 Å². The Morgan fingerprint density at radius 1 is 1.25 bits per heavy atom. The molecule has 1 atom stereocenters. The maximum absolute atomic E-state index is 13.2. The number of carbonyl (C=O) groups is 1. The first-order chi connectivity index (χ1) is 13.5. The van der Waals surface area contributed by atoms with Gasteiger partial charge in [-0.15, -0.1) is 0 Å². The van der Waals surface area contributed by atoms with E-state index < -0.39 is 10.0 Å². The number of rotatable bonds is 8. The van der Waals surface area contributed by atoms with Crippen molar-refractivity contribution in [3.05, 3.63) is 29.8 Å². The second-order valence-corrected chi connectivity index (χ2v) is 9.31. The zero-order valence-corrected chi connectivity index (χ0v) is 17.4. The van der Waals surface area contributed by atoms with E-state index in [-0.39, 0.29) is 29.9 Å². The Morgan fingerprint density at radius 3 is 2.57 bits per heavy atom. The first-order valence-electron chi connectivity index (χ1n) is 10.2. The summed E-state index contributed by atoms with van der Waals surface area (Å²) in [4.78, 5) is 14.6. The van der Waals surface area contributed by atoms with Crippen molar-refractivity contribution >= 4 is 15.9 Å². The lowest BCUT2D eigenvalue weighted by molar-refractivity contribution is -0.131. The van der Waals surface area contributed by atoms with E-state index in [0.717, 1.165) is 37.9 Å². The zero-order chi connectivity index (χ0) is 20.0. The van der Waals surface area contributed by atoms with Gasteiger partial charge in [0.25, 0.3) is 0 Å². The van der Waals surface area contributed by atoms with Crippen molar-refractivity contribution in [2.45, 2.75) is 43.6 Å². The van der Waals surface area contributed by atoms with Crippen molar-refractivity contribution in [3.8, 4) is 0 Å². The molecule has 0 aromatic heterocycles. The van der Waals surface area contributed by atoms with Crippen LogP contribution in [0.3, 0.4) is 0 Å². The fraction of sp³-hybridized carbons (Fsp3) is 0.650. The predicted molar refractivity (Wildman–Crippen MR) is 108 cm³/mol. The number of benzene rings is 1. The molecule has 0 spiro atoms. The van der Waals surface area contributed by atoms with E-state index in [9.17, 15) is 13.2 Å². The number of carbonyl (C=O) groups excluding carboxylic acids is 1. The first kappa shape index (κ1) is 21.2. The molecule has 1 amide bonds. The number of nitrogens with zero attached hydrogens (tertiary/aromatic N) is 2. The number of aryl methyl sites for hydroxylation is 1. The molecule has 1 aromatic rings. The van der Waals surface area contributed by atoms with Crippen molar-refractivity contribution in [3.63, 3.8) is 0 Å². The van der Waals surface area contributed by atoms with Crippen LogP contribution >= 0.6 is 0 Å². The number of ether oxygens (including phenoxy) is 1. The number of nitrogens with one attached hydrogen (secondary N) is 1. The van der Waals surface area contributed by atoms with Crippen molar-refractivity contribution in [2.75, 3.05) is 45.9 Å². The Balaban J connectivity index is 1.71. The Bertz CT molecular complexity index is 739. The van der Waals surface area contributed by atoms with Crippen LogP contribution in [-0.4, -0.2) is 75.5 Å². The normalized spacial score (nSPS) is 20.6. The highest BCUT2D eigenvalue weighted by Crippen LogP contribution is 2.21. The van der Waals surface area contributed by atoms with Crippen LogP contribution in [0.15, 0.2) is 29.2 Å². The highest BCUT2D eigenvalue weighted by atomic mass is 32.2. The van der Waals surface area contributed by atoms with Crippen LogP contribution in [0.4, 0.5) is 0 Å². The maximum Gasteiger partial charge on any atom is 0.243 e. The van der Waals surface area contributed by atoms with Gasteiger partial charge in [0.1, 0.15) is 0 Å². The van der Waals surface area contributed by atoms with E-state index in [1.807, 2.05) is 24.0 Å². The summed E-state index contributed by atoms with van der Waals surface area (Å²) in [5.41, 5.74) is 1.10. The van der Waals surface area contributed by atoms with Gasteiger partial charge in [-0.25, -0.2) is 8.42 Å². The van der Waals surface area contributed by atoms with Gasteiger partial charge in [-0.1, -0.05) is 19.1 Å². The van der Waals surface area contributed by atoms with E-state index in [2.05, 4.69) is 5.32 Å². The van der Waals surface area contributed by atoms with Crippen molar-refractivity contribution in [1.82, 2.24) is 14.5 Å². The molecule has 3 rings (SSSR count). The molecule has 0 saturated carbocycles. The van der Waals surface area contributed by atoms with E-state index in [1.54, 1.807) is 12.1 Å². The van der Waals surface area contributed by atoms with E-state index in [0.29, 0.717) is 26.2 Å². The molecule has 1 aromatic carbocycles. The molecule has 2 saturated heterocycles. The lowest BCUT2D eigenvalue weighted by Gasteiger charge is -2.29. The molecule has 7 nitrogen and oxygen atoms in total. The zero-order valence-electron chi connectivity index (χ0n) is 16.6. The largest absolute Gasteiger partial charge is 0.377 e. The highest BCUT2D eigenvalue weighted by Gasteiger charge is 2.30. The van der Waals surface area contributed by atoms with E-state index in [4.69, 9.17) is 4.74 Å². The van der Waals surface area contributed by atoms with Crippen molar-refractivity contribution < 1.29 is 17.9 Å². The molecule has 156 valence electrons. The van der Waals surface area contributed by atoms with Crippen LogP contribution in [0.5, 0.6) is 0 Å². The van der Waals surface area contributed by atoms with Crippen LogP contribution in [0, 0.1) is 0 Å². The minimum Gasteiger partial charge on any atom is -0.377 e. The Hall–Kier alpha value is -1.48. The summed E-state index contributed by atoms with van der Waals surface area (Å²) in [6.45, 7) is 6.11. The quantitative estimate of drug-likeness (QED) is 0.699. The number of hydrogen-bond acceptors (Lipinski definition) is 5. The summed E-state index contributed by atoms with van der Waals surface area (Å²) in [5, 5.41) is 3.22. The Kier molecular flexibility index (Phi) is 7.45. The molecule has 2 heterocycles. The minimum absolute atomic E-state index is 0.00960. The second-order valence-electron chi connectivity index (χ2n) is 7.38. The monoisotopic (exact) mass is 409 g/mol. The summed E-state index contributed by atoms with van der Waals surface area (Å²) in [7, 11) is -3.67. The van der Waals surface area contributed by atoms with E-state index in [1.165, 1.54) is 4.31 Å². The standard InChI is InChI=1S/C20H31N3O4S/c1-2-17-5-7-19(8-6-17)28(25,26)23(16-18-4-3-15-27-18)12-9-20(24)22-13-10-21-11-14-22/h5-8,18,21H,2-4,9-16H2,1H3. The second kappa shape index (κ2) is 9.82. The summed E-state index contributed by atoms with van der Waals surface area (Å²) in [5.74, 6) is 0.00960. The Morgan fingerprint density at radius 2 is 1.96 bits per heavy atom. The predicted octanol–water partition coefficient (Wildman–Crippen LogP) is 1.24. The van der Waals surface area contributed by atoms with Crippen LogP contribution in [0.2, 0.25) is 0 Å². The smallest absolute Gasteiger partial charge is 0.243 e. The number of hydrogen-bond donors (Lipinski definition) is 1. The van der Waals surface area contributed by atoms with Gasteiger partial charge in [0.15, 0.2) is 0 Å². The van der Waals surface area contributed by atoms with Gasteiger partial charge in [0, 0.05) is 52.3 Å². The number of amides is 1. The molecule has 1 N–H and O–H groups in total. The molecule has 2 aliphatic rings.